The van der Waals surface area contributed by atoms with E-state index in [4.69, 9.17) is 5.26 Å². The normalized spacial score (nSPS) is 11.0. The maximum atomic E-state index is 10.5. The molecule has 2 aromatic rings. The highest BCUT2D eigenvalue weighted by Crippen LogP contribution is 2.37. The number of aromatic nitrogens is 2. The van der Waals surface area contributed by atoms with Crippen molar-refractivity contribution in [3.05, 3.63) is 33.9 Å². The van der Waals surface area contributed by atoms with Crippen LogP contribution in [0.15, 0.2) is 23.6 Å². The summed E-state index contributed by atoms with van der Waals surface area (Å²) >= 11 is 1.04. The van der Waals surface area contributed by atoms with Gasteiger partial charge in [0.1, 0.15) is 12.4 Å². The van der Waals surface area contributed by atoms with Gasteiger partial charge in [0.2, 0.25) is 0 Å². The Morgan fingerprint density at radius 1 is 1.47 bits per heavy atom. The number of phenols is 2. The molecule has 1 aromatic heterocycles. The smallest absolute Gasteiger partial charge is 0.187 e. The molecule has 0 aliphatic heterocycles. The van der Waals surface area contributed by atoms with Crippen molar-refractivity contribution in [3.63, 3.8) is 0 Å². The van der Waals surface area contributed by atoms with Crippen LogP contribution in [-0.2, 0) is 0 Å². The fraction of sp³-hybridized carbons (Fsp3) is 0. The molecule has 0 atom stereocenters. The monoisotopic (exact) mass is 274 g/mol. The van der Waals surface area contributed by atoms with Gasteiger partial charge in [-0.05, 0) is 40.5 Å². The van der Waals surface area contributed by atoms with Crippen LogP contribution in [0.3, 0.4) is 0 Å². The lowest BCUT2D eigenvalue weighted by Crippen LogP contribution is -1.81. The molecular formula is C11H6N4O3S. The minimum absolute atomic E-state index is 0.226. The number of allylic oxidation sites excluding steroid dienone is 1. The van der Waals surface area contributed by atoms with Gasteiger partial charge in [0.15, 0.2) is 22.2 Å². The maximum Gasteiger partial charge on any atom is 0.187 e. The fourth-order valence-electron chi connectivity index (χ4n) is 1.38. The molecule has 0 unspecified atom stereocenters. The van der Waals surface area contributed by atoms with Crippen molar-refractivity contribution in [3.8, 4) is 17.6 Å². The molecule has 19 heavy (non-hydrogen) atoms. The zero-order valence-corrected chi connectivity index (χ0v) is 10.1. The van der Waals surface area contributed by atoms with Crippen LogP contribution in [0.5, 0.6) is 11.5 Å². The summed E-state index contributed by atoms with van der Waals surface area (Å²) in [6.45, 7) is 0. The van der Waals surface area contributed by atoms with Crippen molar-refractivity contribution < 1.29 is 10.2 Å². The van der Waals surface area contributed by atoms with E-state index in [9.17, 15) is 15.1 Å². The van der Waals surface area contributed by atoms with Crippen LogP contribution in [0.1, 0.15) is 10.6 Å². The first kappa shape index (κ1) is 12.7. The summed E-state index contributed by atoms with van der Waals surface area (Å²) < 4.78 is 3.78. The number of nitriles is 1. The van der Waals surface area contributed by atoms with Gasteiger partial charge in [-0.15, -0.1) is 4.91 Å². The minimum atomic E-state index is -0.596. The second-order valence-corrected chi connectivity index (χ2v) is 4.20. The molecule has 0 spiro atoms. The number of hydrogen-bond acceptors (Lipinski definition) is 8. The summed E-state index contributed by atoms with van der Waals surface area (Å²) in [6.07, 6.45) is 2.73. The second-order valence-electron chi connectivity index (χ2n) is 3.42. The first-order valence-electron chi connectivity index (χ1n) is 4.94. The van der Waals surface area contributed by atoms with Gasteiger partial charge < -0.3 is 10.2 Å². The van der Waals surface area contributed by atoms with E-state index in [0.29, 0.717) is 10.6 Å². The molecule has 0 radical (unpaired) electrons. The average molecular weight is 274 g/mol. The summed E-state index contributed by atoms with van der Waals surface area (Å²) in [4.78, 5) is 14.4. The van der Waals surface area contributed by atoms with Crippen LogP contribution in [0, 0.1) is 16.2 Å². The molecule has 0 amide bonds. The summed E-state index contributed by atoms with van der Waals surface area (Å²) in [7, 11) is 0. The van der Waals surface area contributed by atoms with Crippen molar-refractivity contribution in [1.29, 1.82) is 5.26 Å². The van der Waals surface area contributed by atoms with Crippen molar-refractivity contribution in [2.45, 2.75) is 0 Å². The Hall–Kier alpha value is -2.79. The van der Waals surface area contributed by atoms with Crippen LogP contribution in [0.4, 0.5) is 5.69 Å². The lowest BCUT2D eigenvalue weighted by Gasteiger charge is -2.02. The number of nitrogens with zero attached hydrogens (tertiary/aromatic N) is 4. The van der Waals surface area contributed by atoms with Gasteiger partial charge in [-0.3, -0.25) is 0 Å². The number of phenolic OH excluding ortho intramolecular Hbond substituents is 2. The van der Waals surface area contributed by atoms with Crippen LogP contribution >= 0.6 is 11.5 Å². The number of benzene rings is 1. The van der Waals surface area contributed by atoms with E-state index in [-0.39, 0.29) is 11.3 Å². The van der Waals surface area contributed by atoms with Gasteiger partial charge in [-0.2, -0.15) is 9.64 Å². The first-order chi connectivity index (χ1) is 9.15. The van der Waals surface area contributed by atoms with E-state index in [0.717, 1.165) is 11.5 Å². The molecule has 0 saturated carbocycles. The Morgan fingerprint density at radius 3 is 2.84 bits per heavy atom. The molecule has 0 aliphatic rings. The Bertz CT molecular complexity index is 689. The predicted octanol–water partition coefficient (Wildman–Crippen LogP) is 2.41. The molecule has 0 fully saturated rings. The van der Waals surface area contributed by atoms with E-state index >= 15 is 0 Å². The zero-order chi connectivity index (χ0) is 13.8. The van der Waals surface area contributed by atoms with E-state index in [2.05, 4.69) is 14.5 Å². The second kappa shape index (κ2) is 5.24. The minimum Gasteiger partial charge on any atom is -0.504 e. The highest BCUT2D eigenvalue weighted by Gasteiger charge is 2.11. The molecule has 7 nitrogen and oxygen atoms in total. The Kier molecular flexibility index (Phi) is 3.49. The van der Waals surface area contributed by atoms with Crippen molar-refractivity contribution in [1.82, 2.24) is 9.36 Å². The predicted molar refractivity (Wildman–Crippen MR) is 68.6 cm³/mol. The molecule has 8 heteroatoms. The number of nitroso groups, excluding NO2 is 1. The van der Waals surface area contributed by atoms with Crippen LogP contribution < -0.4 is 0 Å². The summed E-state index contributed by atoms with van der Waals surface area (Å²) in [6, 6.07) is 4.40. The van der Waals surface area contributed by atoms with Gasteiger partial charge in [0, 0.05) is 0 Å². The van der Waals surface area contributed by atoms with Gasteiger partial charge in [-0.1, -0.05) is 0 Å². The number of aromatic hydroxyl groups is 2. The largest absolute Gasteiger partial charge is 0.504 e. The highest BCUT2D eigenvalue weighted by atomic mass is 32.1. The van der Waals surface area contributed by atoms with Gasteiger partial charge in [0.05, 0.1) is 5.57 Å². The van der Waals surface area contributed by atoms with Gasteiger partial charge in [-0.25, -0.2) is 4.98 Å². The lowest BCUT2D eigenvalue weighted by molar-refractivity contribution is 0.405. The van der Waals surface area contributed by atoms with Crippen molar-refractivity contribution in [2.24, 2.45) is 5.18 Å². The van der Waals surface area contributed by atoms with Gasteiger partial charge >= 0.3 is 0 Å². The Balaban J connectivity index is 2.51. The molecule has 0 aliphatic carbocycles. The summed E-state index contributed by atoms with van der Waals surface area (Å²) in [5.41, 5.74) is 0.266. The summed E-state index contributed by atoms with van der Waals surface area (Å²) in [5, 5.41) is 30.8. The standard InChI is InChI=1S/C11H6N4O3S/c12-4-7(11-13-5-14-19-11)1-6-2-8(15-18)10(17)9(16)3-6/h1-3,5,16-17H/b7-1+. The Morgan fingerprint density at radius 2 is 2.26 bits per heavy atom. The molecule has 1 aromatic carbocycles. The molecule has 1 heterocycles. The SMILES string of the molecule is N#C/C(=C\c1cc(O)c(O)c(N=O)c1)c1ncns1. The maximum absolute atomic E-state index is 10.5. The molecule has 0 bridgehead atoms. The summed E-state index contributed by atoms with van der Waals surface area (Å²) in [5.74, 6) is -1.08. The fourth-order valence-corrected chi connectivity index (χ4v) is 1.87. The van der Waals surface area contributed by atoms with Crippen molar-refractivity contribution >= 4 is 28.9 Å². The van der Waals surface area contributed by atoms with Crippen LogP contribution in [0.25, 0.3) is 11.6 Å². The quantitative estimate of drug-likeness (QED) is 0.503. The first-order valence-corrected chi connectivity index (χ1v) is 5.71. The average Bonchev–Trinajstić information content (AvgIpc) is 2.93. The molecule has 94 valence electrons. The third-order valence-corrected chi connectivity index (χ3v) is 2.91. The third kappa shape index (κ3) is 2.56. The van der Waals surface area contributed by atoms with E-state index in [1.807, 2.05) is 6.07 Å². The Labute approximate surface area is 111 Å². The molecular weight excluding hydrogens is 268 g/mol. The molecule has 2 rings (SSSR count). The third-order valence-electron chi connectivity index (χ3n) is 2.21. The van der Waals surface area contributed by atoms with Crippen molar-refractivity contribution in [2.75, 3.05) is 0 Å². The van der Waals surface area contributed by atoms with Gasteiger partial charge in [0.25, 0.3) is 0 Å². The lowest BCUT2D eigenvalue weighted by atomic mass is 10.1. The molecule has 2 N–H and O–H groups in total. The number of rotatable bonds is 3. The number of hydrogen-bond donors (Lipinski definition) is 2. The highest BCUT2D eigenvalue weighted by molar-refractivity contribution is 7.06. The van der Waals surface area contributed by atoms with Crippen LogP contribution in [0.2, 0.25) is 0 Å². The topological polar surface area (TPSA) is 119 Å². The molecule has 0 saturated heterocycles. The zero-order valence-electron chi connectivity index (χ0n) is 9.31. The van der Waals surface area contributed by atoms with E-state index in [1.54, 1.807) is 0 Å². The van der Waals surface area contributed by atoms with E-state index < -0.39 is 11.5 Å². The van der Waals surface area contributed by atoms with Crippen LogP contribution in [-0.4, -0.2) is 19.6 Å². The van der Waals surface area contributed by atoms with E-state index in [1.165, 1.54) is 24.5 Å².